The minimum atomic E-state index is -1.02. The molecular weight excluding hydrogens is 304 g/mol. The van der Waals surface area contributed by atoms with Gasteiger partial charge in [0.05, 0.1) is 12.2 Å². The number of ether oxygens (including phenoxy) is 1. The molecule has 1 aromatic rings. The van der Waals surface area contributed by atoms with Crippen LogP contribution in [0.3, 0.4) is 0 Å². The number of benzene rings is 1. The molecule has 2 aliphatic rings. The number of carbonyl (C=O) groups is 1. The maximum absolute atomic E-state index is 12.9. The lowest BCUT2D eigenvalue weighted by Crippen LogP contribution is -2.64. The third-order valence-electron chi connectivity index (χ3n) is 5.91. The number of piperidine rings is 1. The Morgan fingerprint density at radius 2 is 2.00 bits per heavy atom. The smallest absolute Gasteiger partial charge is 0.246 e. The van der Waals surface area contributed by atoms with E-state index in [1.807, 2.05) is 42.2 Å². The van der Waals surface area contributed by atoms with Gasteiger partial charge in [-0.2, -0.15) is 0 Å². The fourth-order valence-electron chi connectivity index (χ4n) is 4.18. The first-order valence-electron chi connectivity index (χ1n) is 8.85. The van der Waals surface area contributed by atoms with E-state index < -0.39 is 5.54 Å². The third-order valence-corrected chi connectivity index (χ3v) is 5.91. The Morgan fingerprint density at radius 1 is 1.38 bits per heavy atom. The van der Waals surface area contributed by atoms with Crippen LogP contribution < -0.4 is 5.73 Å². The summed E-state index contributed by atoms with van der Waals surface area (Å²) in [5, 5.41) is 10.3. The van der Waals surface area contributed by atoms with Gasteiger partial charge in [-0.1, -0.05) is 30.3 Å². The van der Waals surface area contributed by atoms with Crippen molar-refractivity contribution in [1.29, 1.82) is 0 Å². The molecule has 1 aliphatic carbocycles. The molecule has 1 saturated heterocycles. The molecule has 1 heterocycles. The Labute approximate surface area is 143 Å². The number of aliphatic hydroxyl groups excluding tert-OH is 1. The molecule has 5 nitrogen and oxygen atoms in total. The van der Waals surface area contributed by atoms with E-state index in [-0.39, 0.29) is 23.5 Å². The second kappa shape index (κ2) is 6.47. The van der Waals surface area contributed by atoms with Gasteiger partial charge in [0.1, 0.15) is 5.54 Å². The zero-order chi connectivity index (χ0) is 17.4. The van der Waals surface area contributed by atoms with E-state index in [0.717, 1.165) is 18.4 Å². The molecule has 24 heavy (non-hydrogen) atoms. The highest BCUT2D eigenvalue weighted by Gasteiger charge is 2.56. The topological polar surface area (TPSA) is 75.8 Å². The van der Waals surface area contributed by atoms with Crippen molar-refractivity contribution in [3.63, 3.8) is 0 Å². The average Bonchev–Trinajstić information content (AvgIpc) is 2.62. The monoisotopic (exact) mass is 332 g/mol. The number of hydrogen-bond donors (Lipinski definition) is 2. The molecular formula is C19H28N2O3. The molecule has 5 heteroatoms. The zero-order valence-corrected chi connectivity index (χ0v) is 14.6. The molecule has 2 fully saturated rings. The molecule has 1 amide bonds. The van der Waals surface area contributed by atoms with E-state index in [1.165, 1.54) is 0 Å². The van der Waals surface area contributed by atoms with E-state index in [9.17, 15) is 9.90 Å². The molecule has 3 atom stereocenters. The largest absolute Gasteiger partial charge is 0.392 e. The standard InChI is InChI=1S/C19H28N2O3/c1-3-24-16-13-15(22)19(16)9-11-21(12-10-19)17(23)18(2,20)14-7-5-4-6-8-14/h4-8,15-16,22H,3,9-13,20H2,1-2H3. The third kappa shape index (κ3) is 2.75. The summed E-state index contributed by atoms with van der Waals surface area (Å²) in [6, 6.07) is 9.50. The summed E-state index contributed by atoms with van der Waals surface area (Å²) in [7, 11) is 0. The van der Waals surface area contributed by atoms with Gasteiger partial charge < -0.3 is 20.5 Å². The van der Waals surface area contributed by atoms with Crippen LogP contribution >= 0.6 is 0 Å². The number of nitrogens with two attached hydrogens (primary N) is 1. The van der Waals surface area contributed by atoms with Gasteiger partial charge in [-0.15, -0.1) is 0 Å². The van der Waals surface area contributed by atoms with E-state index in [0.29, 0.717) is 26.1 Å². The van der Waals surface area contributed by atoms with Crippen molar-refractivity contribution in [1.82, 2.24) is 4.90 Å². The second-order valence-electron chi connectivity index (χ2n) is 7.29. The SMILES string of the molecule is CCOC1CC(O)C12CCN(C(=O)C(C)(N)c1ccccc1)CC2. The quantitative estimate of drug-likeness (QED) is 0.879. The van der Waals surface area contributed by atoms with Crippen molar-refractivity contribution in [3.8, 4) is 0 Å². The van der Waals surface area contributed by atoms with Gasteiger partial charge in [-0.25, -0.2) is 0 Å². The maximum Gasteiger partial charge on any atom is 0.246 e. The zero-order valence-electron chi connectivity index (χ0n) is 14.6. The number of rotatable bonds is 4. The number of likely N-dealkylation sites (tertiary alicyclic amines) is 1. The van der Waals surface area contributed by atoms with E-state index in [1.54, 1.807) is 6.92 Å². The molecule has 3 unspecified atom stereocenters. The molecule has 3 rings (SSSR count). The van der Waals surface area contributed by atoms with Crippen LogP contribution in [0.2, 0.25) is 0 Å². The first kappa shape index (κ1) is 17.4. The van der Waals surface area contributed by atoms with Crippen LogP contribution in [0, 0.1) is 5.41 Å². The summed E-state index contributed by atoms with van der Waals surface area (Å²) >= 11 is 0. The fourth-order valence-corrected chi connectivity index (χ4v) is 4.18. The number of carbonyl (C=O) groups excluding carboxylic acids is 1. The van der Waals surface area contributed by atoms with Crippen molar-refractivity contribution in [2.45, 2.75) is 50.9 Å². The van der Waals surface area contributed by atoms with Crippen LogP contribution in [0.25, 0.3) is 0 Å². The summed E-state index contributed by atoms with van der Waals surface area (Å²) in [6.45, 7) is 5.67. The Morgan fingerprint density at radius 3 is 2.54 bits per heavy atom. The molecule has 0 bridgehead atoms. The van der Waals surface area contributed by atoms with Gasteiger partial charge >= 0.3 is 0 Å². The normalized spacial score (nSPS) is 28.2. The van der Waals surface area contributed by atoms with Gasteiger partial charge in [0.2, 0.25) is 5.91 Å². The highest BCUT2D eigenvalue weighted by atomic mass is 16.5. The van der Waals surface area contributed by atoms with Gasteiger partial charge in [0.25, 0.3) is 0 Å². The van der Waals surface area contributed by atoms with Crippen LogP contribution in [0.5, 0.6) is 0 Å². The lowest BCUT2D eigenvalue weighted by atomic mass is 9.58. The molecule has 132 valence electrons. The van der Waals surface area contributed by atoms with Gasteiger partial charge in [-0.3, -0.25) is 4.79 Å². The molecule has 0 aromatic heterocycles. The number of amides is 1. The number of aliphatic hydroxyl groups is 1. The number of hydrogen-bond acceptors (Lipinski definition) is 4. The molecule has 1 aromatic carbocycles. The van der Waals surface area contributed by atoms with Crippen LogP contribution in [-0.2, 0) is 15.1 Å². The average molecular weight is 332 g/mol. The summed E-state index contributed by atoms with van der Waals surface area (Å²) in [5.41, 5.74) is 5.99. The Hall–Kier alpha value is -1.43. The lowest BCUT2D eigenvalue weighted by Gasteiger charge is -2.57. The van der Waals surface area contributed by atoms with Crippen LogP contribution in [0.15, 0.2) is 30.3 Å². The minimum absolute atomic E-state index is 0.0506. The van der Waals surface area contributed by atoms with E-state index >= 15 is 0 Å². The Bertz CT molecular complexity index is 578. The van der Waals surface area contributed by atoms with Crippen LogP contribution in [0.1, 0.15) is 38.7 Å². The Kier molecular flexibility index (Phi) is 4.69. The van der Waals surface area contributed by atoms with Crippen molar-refractivity contribution >= 4 is 5.91 Å². The van der Waals surface area contributed by atoms with Crippen molar-refractivity contribution in [2.75, 3.05) is 19.7 Å². The van der Waals surface area contributed by atoms with Crippen molar-refractivity contribution in [2.24, 2.45) is 11.1 Å². The summed E-state index contributed by atoms with van der Waals surface area (Å²) < 4.78 is 5.79. The van der Waals surface area contributed by atoms with Gasteiger partial charge in [-0.05, 0) is 32.3 Å². The van der Waals surface area contributed by atoms with Crippen LogP contribution in [0.4, 0.5) is 0 Å². The molecule has 1 aliphatic heterocycles. The van der Waals surface area contributed by atoms with Crippen molar-refractivity contribution in [3.05, 3.63) is 35.9 Å². The Balaban J connectivity index is 1.67. The molecule has 3 N–H and O–H groups in total. The lowest BCUT2D eigenvalue weighted by molar-refractivity contribution is -0.210. The predicted octanol–water partition coefficient (Wildman–Crippen LogP) is 1.64. The fraction of sp³-hybridized carbons (Fsp3) is 0.632. The highest BCUT2D eigenvalue weighted by molar-refractivity contribution is 5.87. The first-order chi connectivity index (χ1) is 11.4. The highest BCUT2D eigenvalue weighted by Crippen LogP contribution is 2.51. The summed E-state index contributed by atoms with van der Waals surface area (Å²) in [5.74, 6) is -0.0506. The predicted molar refractivity (Wildman–Crippen MR) is 92.3 cm³/mol. The van der Waals surface area contributed by atoms with Crippen LogP contribution in [-0.4, -0.2) is 47.8 Å². The molecule has 0 radical (unpaired) electrons. The first-order valence-corrected chi connectivity index (χ1v) is 8.85. The van der Waals surface area contributed by atoms with Gasteiger partial charge in [0, 0.05) is 31.5 Å². The minimum Gasteiger partial charge on any atom is -0.392 e. The van der Waals surface area contributed by atoms with E-state index in [4.69, 9.17) is 10.5 Å². The van der Waals surface area contributed by atoms with Gasteiger partial charge in [0.15, 0.2) is 0 Å². The van der Waals surface area contributed by atoms with Crippen molar-refractivity contribution < 1.29 is 14.6 Å². The molecule has 1 spiro atoms. The second-order valence-corrected chi connectivity index (χ2v) is 7.29. The number of nitrogens with zero attached hydrogens (tertiary/aromatic N) is 1. The summed E-state index contributed by atoms with van der Waals surface area (Å²) in [4.78, 5) is 14.8. The summed E-state index contributed by atoms with van der Waals surface area (Å²) in [6.07, 6.45) is 2.06. The van der Waals surface area contributed by atoms with E-state index in [2.05, 4.69) is 0 Å². The maximum atomic E-state index is 12.9. The molecule has 1 saturated carbocycles.